The van der Waals surface area contributed by atoms with E-state index in [2.05, 4.69) is 4.74 Å². The summed E-state index contributed by atoms with van der Waals surface area (Å²) in [7, 11) is 2.53. The van der Waals surface area contributed by atoms with Crippen molar-refractivity contribution >= 4 is 57.6 Å². The van der Waals surface area contributed by atoms with Gasteiger partial charge >= 0.3 is 11.7 Å². The average Bonchev–Trinajstić information content (AvgIpc) is 3.01. The Hall–Kier alpha value is -3.44. The Labute approximate surface area is 180 Å². The van der Waals surface area contributed by atoms with E-state index in [1.165, 1.54) is 43.4 Å². The molecule has 0 spiro atoms. The fraction of sp³-hybridized carbons (Fsp3) is 0.105. The van der Waals surface area contributed by atoms with Gasteiger partial charge in [0.05, 0.1) is 35.3 Å². The number of thiocarbonyl (C=S) groups is 1. The van der Waals surface area contributed by atoms with Crippen LogP contribution in [0.5, 0.6) is 11.5 Å². The molecule has 30 heavy (non-hydrogen) atoms. The van der Waals surface area contributed by atoms with E-state index in [1.54, 1.807) is 12.1 Å². The van der Waals surface area contributed by atoms with E-state index >= 15 is 0 Å². The van der Waals surface area contributed by atoms with Crippen molar-refractivity contribution in [1.29, 1.82) is 0 Å². The number of nitro benzene ring substituents is 1. The minimum Gasteiger partial charge on any atom is -0.500 e. The van der Waals surface area contributed by atoms with Crippen LogP contribution in [-0.4, -0.2) is 40.4 Å². The number of phenolic OH excluding ortho intramolecular Hbond substituents is 1. The van der Waals surface area contributed by atoms with Crippen LogP contribution < -0.4 is 9.64 Å². The minimum atomic E-state index is -0.747. The number of anilines is 1. The van der Waals surface area contributed by atoms with Crippen molar-refractivity contribution in [3.8, 4) is 11.5 Å². The van der Waals surface area contributed by atoms with Gasteiger partial charge in [-0.1, -0.05) is 24.0 Å². The molecule has 1 fully saturated rings. The van der Waals surface area contributed by atoms with Crippen LogP contribution in [0.4, 0.5) is 11.4 Å². The lowest BCUT2D eigenvalue weighted by atomic mass is 10.1. The normalized spacial score (nSPS) is 14.9. The van der Waals surface area contributed by atoms with Gasteiger partial charge in [0.15, 0.2) is 10.1 Å². The summed E-state index contributed by atoms with van der Waals surface area (Å²) in [5, 5.41) is 21.1. The number of aromatic hydroxyl groups is 1. The second-order valence-electron chi connectivity index (χ2n) is 5.90. The van der Waals surface area contributed by atoms with E-state index in [9.17, 15) is 24.8 Å². The Bertz CT molecular complexity index is 1100. The number of amides is 1. The van der Waals surface area contributed by atoms with Crippen molar-refractivity contribution in [3.05, 3.63) is 62.5 Å². The third-order valence-corrected chi connectivity index (χ3v) is 5.43. The van der Waals surface area contributed by atoms with Gasteiger partial charge in [0.2, 0.25) is 5.75 Å². The molecule has 0 aromatic heterocycles. The van der Waals surface area contributed by atoms with Crippen LogP contribution in [0.3, 0.4) is 0 Å². The number of hydrogen-bond donors (Lipinski definition) is 1. The highest BCUT2D eigenvalue weighted by Crippen LogP contribution is 2.40. The fourth-order valence-corrected chi connectivity index (χ4v) is 4.00. The van der Waals surface area contributed by atoms with Gasteiger partial charge in [-0.05, 0) is 42.0 Å². The van der Waals surface area contributed by atoms with Crippen molar-refractivity contribution in [2.45, 2.75) is 0 Å². The SMILES string of the molecule is COC(=O)c1ccc(N2C(=O)/C(=C/c3cc(OC)c(O)c([N+](=O)[O-])c3)SC2=S)cc1. The van der Waals surface area contributed by atoms with Crippen molar-refractivity contribution < 1.29 is 29.1 Å². The third kappa shape index (κ3) is 3.98. The number of rotatable bonds is 5. The number of methoxy groups -OCH3 is 2. The molecule has 1 aliphatic heterocycles. The molecule has 1 aliphatic rings. The summed E-state index contributed by atoms with van der Waals surface area (Å²) in [4.78, 5) is 36.4. The summed E-state index contributed by atoms with van der Waals surface area (Å²) in [5.41, 5.74) is 0.529. The maximum Gasteiger partial charge on any atom is 0.337 e. The first-order valence-corrected chi connectivity index (χ1v) is 9.51. The van der Waals surface area contributed by atoms with Crippen molar-refractivity contribution in [2.75, 3.05) is 19.1 Å². The van der Waals surface area contributed by atoms with Gasteiger partial charge in [0, 0.05) is 6.07 Å². The highest BCUT2D eigenvalue weighted by molar-refractivity contribution is 8.27. The van der Waals surface area contributed by atoms with E-state index in [4.69, 9.17) is 17.0 Å². The molecule has 0 unspecified atom stereocenters. The Morgan fingerprint density at radius 1 is 1.27 bits per heavy atom. The zero-order valence-electron chi connectivity index (χ0n) is 15.6. The highest BCUT2D eigenvalue weighted by Gasteiger charge is 2.33. The Balaban J connectivity index is 1.95. The Morgan fingerprint density at radius 2 is 1.93 bits per heavy atom. The zero-order valence-corrected chi connectivity index (χ0v) is 17.3. The van der Waals surface area contributed by atoms with E-state index in [0.29, 0.717) is 11.3 Å². The summed E-state index contributed by atoms with van der Waals surface area (Å²) in [6.07, 6.45) is 1.43. The molecule has 1 heterocycles. The predicted molar refractivity (Wildman–Crippen MR) is 115 cm³/mol. The number of thioether (sulfide) groups is 1. The minimum absolute atomic E-state index is 0.0932. The first-order valence-electron chi connectivity index (χ1n) is 8.28. The second-order valence-corrected chi connectivity index (χ2v) is 7.58. The molecule has 0 bridgehead atoms. The first kappa shape index (κ1) is 21.3. The molecule has 9 nitrogen and oxygen atoms in total. The molecule has 0 atom stereocenters. The number of nitro groups is 1. The molecule has 1 N–H and O–H groups in total. The molecular weight excluding hydrogens is 432 g/mol. The molecule has 3 rings (SSSR count). The largest absolute Gasteiger partial charge is 0.500 e. The van der Waals surface area contributed by atoms with Crippen LogP contribution in [0.15, 0.2) is 41.3 Å². The number of ether oxygens (including phenoxy) is 2. The third-order valence-electron chi connectivity index (χ3n) is 4.13. The monoisotopic (exact) mass is 446 g/mol. The fourth-order valence-electron chi connectivity index (χ4n) is 2.70. The zero-order chi connectivity index (χ0) is 22.0. The second kappa shape index (κ2) is 8.51. The maximum atomic E-state index is 12.9. The van der Waals surface area contributed by atoms with Gasteiger partial charge in [-0.2, -0.15) is 0 Å². The molecule has 1 saturated heterocycles. The number of carbonyl (C=O) groups is 2. The lowest BCUT2D eigenvalue weighted by Crippen LogP contribution is -2.27. The molecule has 0 aliphatic carbocycles. The van der Waals surface area contributed by atoms with Crippen LogP contribution in [0.25, 0.3) is 6.08 Å². The lowest BCUT2D eigenvalue weighted by Gasteiger charge is -2.14. The molecule has 154 valence electrons. The van der Waals surface area contributed by atoms with E-state index in [-0.39, 0.29) is 20.5 Å². The molecule has 0 radical (unpaired) electrons. The molecule has 0 saturated carbocycles. The predicted octanol–water partition coefficient (Wildman–Crippen LogP) is 3.50. The van der Waals surface area contributed by atoms with Gasteiger partial charge in [0.1, 0.15) is 0 Å². The van der Waals surface area contributed by atoms with Crippen LogP contribution in [0.1, 0.15) is 15.9 Å². The van der Waals surface area contributed by atoms with Gasteiger partial charge in [-0.3, -0.25) is 19.8 Å². The number of hydrogen-bond acceptors (Lipinski definition) is 9. The van der Waals surface area contributed by atoms with Gasteiger partial charge < -0.3 is 14.6 Å². The van der Waals surface area contributed by atoms with Gasteiger partial charge in [-0.15, -0.1) is 0 Å². The average molecular weight is 446 g/mol. The summed E-state index contributed by atoms with van der Waals surface area (Å²) >= 11 is 6.32. The summed E-state index contributed by atoms with van der Waals surface area (Å²) in [6.45, 7) is 0. The van der Waals surface area contributed by atoms with Crippen LogP contribution in [0.2, 0.25) is 0 Å². The van der Waals surface area contributed by atoms with E-state index in [0.717, 1.165) is 17.8 Å². The van der Waals surface area contributed by atoms with Crippen molar-refractivity contribution in [2.24, 2.45) is 0 Å². The Kier molecular flexibility index (Phi) is 6.04. The standard InChI is InChI=1S/C19H14N2O7S2/c1-27-14-8-10(7-13(16(14)22)21(25)26)9-15-17(23)20(19(29)30-15)12-5-3-11(4-6-12)18(24)28-2/h3-9,22H,1-2H3/b15-9-. The molecule has 11 heteroatoms. The number of esters is 1. The van der Waals surface area contributed by atoms with Crippen molar-refractivity contribution in [1.82, 2.24) is 0 Å². The smallest absolute Gasteiger partial charge is 0.337 e. The van der Waals surface area contributed by atoms with Crippen LogP contribution in [0, 0.1) is 10.1 Å². The lowest BCUT2D eigenvalue weighted by molar-refractivity contribution is -0.386. The number of carbonyl (C=O) groups excluding carboxylic acids is 2. The van der Waals surface area contributed by atoms with E-state index < -0.39 is 28.2 Å². The number of benzene rings is 2. The van der Waals surface area contributed by atoms with Gasteiger partial charge in [-0.25, -0.2) is 4.79 Å². The van der Waals surface area contributed by atoms with Gasteiger partial charge in [0.25, 0.3) is 5.91 Å². The van der Waals surface area contributed by atoms with E-state index in [1.807, 2.05) is 0 Å². The maximum absolute atomic E-state index is 12.9. The van der Waals surface area contributed by atoms with Crippen LogP contribution in [-0.2, 0) is 9.53 Å². The summed E-state index contributed by atoms with van der Waals surface area (Å²) < 4.78 is 9.88. The molecular formula is C19H14N2O7S2. The highest BCUT2D eigenvalue weighted by atomic mass is 32.2. The summed E-state index contributed by atoms with van der Waals surface area (Å²) in [5.74, 6) is -1.62. The molecule has 1 amide bonds. The Morgan fingerprint density at radius 3 is 2.50 bits per heavy atom. The number of nitrogens with zero attached hydrogens (tertiary/aromatic N) is 2. The first-order chi connectivity index (χ1) is 14.3. The van der Waals surface area contributed by atoms with Crippen LogP contribution >= 0.6 is 24.0 Å². The quantitative estimate of drug-likeness (QED) is 0.242. The summed E-state index contributed by atoms with van der Waals surface area (Å²) in [6, 6.07) is 8.66. The van der Waals surface area contributed by atoms with Crippen molar-refractivity contribution in [3.63, 3.8) is 0 Å². The topological polar surface area (TPSA) is 119 Å². The molecule has 2 aromatic carbocycles. The number of phenols is 1. The molecule has 2 aromatic rings.